The quantitative estimate of drug-likeness (QED) is 0.0399. The second kappa shape index (κ2) is 33.7. The fourth-order valence-corrected chi connectivity index (χ4v) is 4.79. The molecule has 0 aliphatic carbocycles. The van der Waals surface area contributed by atoms with E-state index in [1.54, 1.807) is 6.26 Å². The molecule has 0 amide bonds. The first-order chi connectivity index (χ1) is 18.8. The summed E-state index contributed by atoms with van der Waals surface area (Å²) in [6.45, 7) is 4.54. The van der Waals surface area contributed by atoms with E-state index >= 15 is 0 Å². The van der Waals surface area contributed by atoms with Crippen molar-refractivity contribution in [1.82, 2.24) is 0 Å². The minimum Gasteiger partial charge on any atom is -0.435 e. The zero-order valence-electron chi connectivity index (χ0n) is 25.9. The van der Waals surface area contributed by atoms with Crippen LogP contribution in [0.25, 0.3) is 0 Å². The molecule has 2 nitrogen and oxygen atoms in total. The predicted octanol–water partition coefficient (Wildman–Crippen LogP) is 12.7. The van der Waals surface area contributed by atoms with Crippen molar-refractivity contribution >= 4 is 5.97 Å². The molecule has 0 bridgehead atoms. The molecule has 0 radical (unpaired) electrons. The number of hydrogen-bond donors (Lipinski definition) is 0. The fourth-order valence-electron chi connectivity index (χ4n) is 4.79. The van der Waals surface area contributed by atoms with Crippen LogP contribution in [-0.2, 0) is 9.53 Å². The summed E-state index contributed by atoms with van der Waals surface area (Å²) in [4.78, 5) is 11.8. The van der Waals surface area contributed by atoms with Gasteiger partial charge in [-0.2, -0.15) is 0 Å². The van der Waals surface area contributed by atoms with E-state index in [1.165, 1.54) is 141 Å². The van der Waals surface area contributed by atoms with E-state index in [0.717, 1.165) is 25.7 Å². The van der Waals surface area contributed by atoms with Crippen LogP contribution in [0.4, 0.5) is 0 Å². The van der Waals surface area contributed by atoms with Gasteiger partial charge in [0.1, 0.15) is 0 Å². The second-order valence-corrected chi connectivity index (χ2v) is 11.2. The van der Waals surface area contributed by atoms with Crippen LogP contribution in [-0.4, -0.2) is 5.97 Å². The molecule has 0 N–H and O–H groups in total. The largest absolute Gasteiger partial charge is 0.435 e. The summed E-state index contributed by atoms with van der Waals surface area (Å²) < 4.78 is 5.25. The maximum absolute atomic E-state index is 11.8. The summed E-state index contributed by atoms with van der Waals surface area (Å²) in [6, 6.07) is 0. The van der Waals surface area contributed by atoms with E-state index < -0.39 is 0 Å². The van der Waals surface area contributed by atoms with Gasteiger partial charge in [0.25, 0.3) is 0 Å². The van der Waals surface area contributed by atoms with Crippen molar-refractivity contribution in [3.63, 3.8) is 0 Å². The molecule has 0 unspecified atom stereocenters. The summed E-state index contributed by atoms with van der Waals surface area (Å²) in [5, 5.41) is 0. The third kappa shape index (κ3) is 32.7. The number of ether oxygens (including phenoxy) is 1. The Kier molecular flexibility index (Phi) is 32.6. The Morgan fingerprint density at radius 1 is 0.447 bits per heavy atom. The van der Waals surface area contributed by atoms with Crippen LogP contribution in [0, 0.1) is 0 Å². The molecule has 0 aromatic rings. The van der Waals surface area contributed by atoms with Crippen LogP contribution in [0.15, 0.2) is 36.6 Å². The van der Waals surface area contributed by atoms with Crippen molar-refractivity contribution in [3.05, 3.63) is 36.6 Å². The lowest BCUT2D eigenvalue weighted by atomic mass is 10.0. The maximum atomic E-state index is 11.8. The van der Waals surface area contributed by atoms with E-state index in [1.807, 2.05) is 6.08 Å². The van der Waals surface area contributed by atoms with Gasteiger partial charge in [-0.1, -0.05) is 154 Å². The average Bonchev–Trinajstić information content (AvgIpc) is 2.92. The Hall–Kier alpha value is -1.31. The van der Waals surface area contributed by atoms with Gasteiger partial charge in [-0.15, -0.1) is 0 Å². The van der Waals surface area contributed by atoms with Crippen molar-refractivity contribution in [2.24, 2.45) is 0 Å². The minimum atomic E-state index is -0.0760. The van der Waals surface area contributed by atoms with Crippen LogP contribution in [0.2, 0.25) is 0 Å². The normalized spacial score (nSPS) is 11.9. The summed E-state index contributed by atoms with van der Waals surface area (Å²) in [5.74, 6) is -0.0760. The third-order valence-electron chi connectivity index (χ3n) is 7.35. The van der Waals surface area contributed by atoms with E-state index in [-0.39, 0.29) is 5.97 Å². The van der Waals surface area contributed by atoms with Crippen molar-refractivity contribution in [1.29, 1.82) is 0 Å². The third-order valence-corrected chi connectivity index (χ3v) is 7.35. The van der Waals surface area contributed by atoms with Gasteiger partial charge in [-0.3, -0.25) is 4.79 Å². The molecule has 0 rings (SSSR count). The molecule has 38 heavy (non-hydrogen) atoms. The Bertz CT molecular complexity index is 546. The highest BCUT2D eigenvalue weighted by atomic mass is 16.5. The molecule has 0 fully saturated rings. The number of hydrogen-bond acceptors (Lipinski definition) is 2. The van der Waals surface area contributed by atoms with Gasteiger partial charge in [-0.25, -0.2) is 0 Å². The van der Waals surface area contributed by atoms with Gasteiger partial charge >= 0.3 is 5.97 Å². The highest BCUT2D eigenvalue weighted by Gasteiger charge is 2.00. The minimum absolute atomic E-state index is 0.0760. The molecule has 0 heterocycles. The standard InChI is InChI=1S/C36H66O2/c1-3-5-7-9-11-13-15-17-19-21-23-25-27-29-31-33-35-38-36(37)34-32-30-28-26-24-22-20-18-16-14-12-10-8-6-4-2/h12,14,18,20,33,35H,3-11,13,15-17,19,21-32,34H2,1-2H3/b14-12-,20-18-,35-33?. The molecule has 0 spiro atoms. The smallest absolute Gasteiger partial charge is 0.310 e. The topological polar surface area (TPSA) is 26.3 Å². The average molecular weight is 531 g/mol. The molecule has 222 valence electrons. The zero-order chi connectivity index (χ0) is 27.6. The van der Waals surface area contributed by atoms with Gasteiger partial charge in [-0.05, 0) is 57.4 Å². The lowest BCUT2D eigenvalue weighted by Gasteiger charge is -2.03. The first-order valence-electron chi connectivity index (χ1n) is 17.0. The van der Waals surface area contributed by atoms with Crippen LogP contribution >= 0.6 is 0 Å². The molecule has 0 saturated heterocycles. The van der Waals surface area contributed by atoms with Crippen LogP contribution in [0.1, 0.15) is 187 Å². The first kappa shape index (κ1) is 36.7. The molecular formula is C36H66O2. The Balaban J connectivity index is 3.29. The number of rotatable bonds is 30. The maximum Gasteiger partial charge on any atom is 0.310 e. The molecule has 0 saturated carbocycles. The summed E-state index contributed by atoms with van der Waals surface area (Å²) >= 11 is 0. The molecule has 0 aromatic carbocycles. The molecule has 0 aromatic heterocycles. The van der Waals surface area contributed by atoms with Gasteiger partial charge in [0.05, 0.1) is 6.26 Å². The molecule has 2 heteroatoms. The molecular weight excluding hydrogens is 464 g/mol. The van der Waals surface area contributed by atoms with Gasteiger partial charge in [0.15, 0.2) is 0 Å². The monoisotopic (exact) mass is 531 g/mol. The summed E-state index contributed by atoms with van der Waals surface area (Å²) in [5.41, 5.74) is 0. The summed E-state index contributed by atoms with van der Waals surface area (Å²) in [7, 11) is 0. The number of allylic oxidation sites excluding steroid dienone is 5. The predicted molar refractivity (Wildman–Crippen MR) is 170 cm³/mol. The van der Waals surface area contributed by atoms with E-state index in [2.05, 4.69) is 38.2 Å². The van der Waals surface area contributed by atoms with Crippen molar-refractivity contribution < 1.29 is 9.53 Å². The van der Waals surface area contributed by atoms with Crippen molar-refractivity contribution in [2.75, 3.05) is 0 Å². The highest BCUT2D eigenvalue weighted by Crippen LogP contribution is 2.14. The lowest BCUT2D eigenvalue weighted by Crippen LogP contribution is -1.98. The van der Waals surface area contributed by atoms with E-state index in [4.69, 9.17) is 4.74 Å². The van der Waals surface area contributed by atoms with Crippen molar-refractivity contribution in [3.8, 4) is 0 Å². The molecule has 0 aliphatic rings. The SMILES string of the molecule is CCCCC/C=C\C/C=C\CCCCCCCC(=O)OC=CCCCCCCCCCCCCCCCC. The molecule has 0 aliphatic heterocycles. The van der Waals surface area contributed by atoms with Crippen molar-refractivity contribution in [2.45, 2.75) is 187 Å². The van der Waals surface area contributed by atoms with E-state index in [0.29, 0.717) is 6.42 Å². The van der Waals surface area contributed by atoms with Crippen LogP contribution in [0.3, 0.4) is 0 Å². The Labute approximate surface area is 239 Å². The fraction of sp³-hybridized carbons (Fsp3) is 0.806. The zero-order valence-corrected chi connectivity index (χ0v) is 25.9. The first-order valence-corrected chi connectivity index (χ1v) is 17.0. The second-order valence-electron chi connectivity index (χ2n) is 11.2. The summed E-state index contributed by atoms with van der Waals surface area (Å²) in [6.07, 6.45) is 47.1. The van der Waals surface area contributed by atoms with Gasteiger partial charge in [0.2, 0.25) is 0 Å². The highest BCUT2D eigenvalue weighted by molar-refractivity contribution is 5.69. The van der Waals surface area contributed by atoms with Gasteiger partial charge < -0.3 is 4.74 Å². The number of unbranched alkanes of at least 4 members (excludes halogenated alkanes) is 22. The molecule has 0 atom stereocenters. The number of carbonyl (C=O) groups excluding carboxylic acids is 1. The van der Waals surface area contributed by atoms with Crippen LogP contribution in [0.5, 0.6) is 0 Å². The lowest BCUT2D eigenvalue weighted by molar-refractivity contribution is -0.138. The van der Waals surface area contributed by atoms with E-state index in [9.17, 15) is 4.79 Å². The number of carbonyl (C=O) groups is 1. The van der Waals surface area contributed by atoms with Gasteiger partial charge in [0, 0.05) is 6.42 Å². The number of esters is 1. The van der Waals surface area contributed by atoms with Crippen LogP contribution < -0.4 is 0 Å². The Morgan fingerprint density at radius 3 is 1.32 bits per heavy atom. The Morgan fingerprint density at radius 2 is 0.816 bits per heavy atom.